The van der Waals surface area contributed by atoms with Crippen LogP contribution < -0.4 is 16.4 Å². The number of para-hydroxylation sites is 1. The summed E-state index contributed by atoms with van der Waals surface area (Å²) in [5, 5.41) is 15.4. The third-order valence-corrected chi connectivity index (χ3v) is 5.46. The number of halogens is 1. The molecule has 0 spiro atoms. The van der Waals surface area contributed by atoms with Gasteiger partial charge in [-0.1, -0.05) is 41.9 Å². The van der Waals surface area contributed by atoms with Gasteiger partial charge >= 0.3 is 5.69 Å². The number of aromatic amines is 2. The van der Waals surface area contributed by atoms with Crippen LogP contribution in [-0.4, -0.2) is 29.7 Å². The third-order valence-electron chi connectivity index (χ3n) is 5.11. The first-order chi connectivity index (χ1) is 16.5. The molecule has 0 saturated carbocycles. The normalized spacial score (nSPS) is 12.4. The molecular formula is C24H16ClN7O2. The average Bonchev–Trinajstić information content (AvgIpc) is 3.38. The largest absolute Gasteiger partial charge is 0.493 e. The van der Waals surface area contributed by atoms with Gasteiger partial charge in [0.25, 0.3) is 0 Å². The van der Waals surface area contributed by atoms with Crippen molar-refractivity contribution in [2.45, 2.75) is 6.42 Å². The molecule has 9 nitrogen and oxygen atoms in total. The van der Waals surface area contributed by atoms with Crippen molar-refractivity contribution < 1.29 is 5.11 Å². The molecule has 3 N–H and O–H groups in total. The summed E-state index contributed by atoms with van der Waals surface area (Å²) in [6.07, 6.45) is 3.57. The Hall–Kier alpha value is -4.68. The number of imidazole rings is 1. The summed E-state index contributed by atoms with van der Waals surface area (Å²) >= 11 is 6.40. The molecule has 0 aliphatic rings. The van der Waals surface area contributed by atoms with Crippen LogP contribution in [0.4, 0.5) is 11.4 Å². The first kappa shape index (κ1) is 21.2. The average molecular weight is 470 g/mol. The van der Waals surface area contributed by atoms with E-state index in [1.807, 2.05) is 42.5 Å². The maximum atomic E-state index is 11.5. The van der Waals surface area contributed by atoms with Crippen LogP contribution in [0.1, 0.15) is 17.0 Å². The predicted octanol–water partition coefficient (Wildman–Crippen LogP) is 3.03. The van der Waals surface area contributed by atoms with Crippen molar-refractivity contribution in [1.82, 2.24) is 24.6 Å². The minimum atomic E-state index is -0.522. The molecule has 3 heterocycles. The van der Waals surface area contributed by atoms with Crippen LogP contribution in [0.2, 0.25) is 5.02 Å². The lowest BCUT2D eigenvalue weighted by Crippen LogP contribution is -2.19. The Kier molecular flexibility index (Phi) is 5.41. The molecule has 0 amide bonds. The first-order valence-electron chi connectivity index (χ1n) is 10.2. The van der Waals surface area contributed by atoms with Gasteiger partial charge in [-0.2, -0.15) is 9.61 Å². The van der Waals surface area contributed by atoms with Gasteiger partial charge in [-0.3, -0.25) is 4.98 Å². The molecule has 0 aliphatic heterocycles. The molecule has 0 fully saturated rings. The Morgan fingerprint density at radius 1 is 1.18 bits per heavy atom. The number of H-pyrrole nitrogens is 2. The van der Waals surface area contributed by atoms with Crippen molar-refractivity contribution in [2.75, 3.05) is 0 Å². The van der Waals surface area contributed by atoms with E-state index in [0.717, 1.165) is 11.3 Å². The lowest BCUT2D eigenvalue weighted by molar-refractivity contribution is 0.454. The highest BCUT2D eigenvalue weighted by Gasteiger charge is 2.10. The van der Waals surface area contributed by atoms with Gasteiger partial charge in [0.1, 0.15) is 5.69 Å². The number of aromatic nitrogens is 5. The number of hydrogen-bond acceptors (Lipinski definition) is 5. The summed E-state index contributed by atoms with van der Waals surface area (Å²) in [4.78, 5) is 29.2. The van der Waals surface area contributed by atoms with Crippen LogP contribution >= 0.6 is 11.6 Å². The lowest BCUT2D eigenvalue weighted by atomic mass is 10.1. The number of nitrogens with one attached hydrogen (secondary N) is 2. The summed E-state index contributed by atoms with van der Waals surface area (Å²) < 4.78 is 1.59. The number of benzene rings is 2. The number of aromatic hydroxyl groups is 1. The topological polar surface area (TPSA) is 116 Å². The van der Waals surface area contributed by atoms with E-state index < -0.39 is 5.69 Å². The summed E-state index contributed by atoms with van der Waals surface area (Å²) in [6.45, 7) is 7.16. The van der Waals surface area contributed by atoms with Gasteiger partial charge in [0, 0.05) is 22.7 Å². The molecule has 5 aromatic rings. The highest BCUT2D eigenvalue weighted by atomic mass is 35.5. The molecular weight excluding hydrogens is 454 g/mol. The van der Waals surface area contributed by atoms with E-state index in [9.17, 15) is 9.90 Å². The van der Waals surface area contributed by atoms with Crippen molar-refractivity contribution in [2.24, 2.45) is 4.99 Å². The van der Waals surface area contributed by atoms with E-state index >= 15 is 0 Å². The summed E-state index contributed by atoms with van der Waals surface area (Å²) in [7, 11) is 0. The molecule has 0 atom stereocenters. The highest BCUT2D eigenvalue weighted by Crippen LogP contribution is 2.24. The Morgan fingerprint density at radius 3 is 2.71 bits per heavy atom. The van der Waals surface area contributed by atoms with Crippen LogP contribution in [0.25, 0.3) is 16.6 Å². The van der Waals surface area contributed by atoms with Gasteiger partial charge in [-0.05, 0) is 29.8 Å². The Labute approximate surface area is 197 Å². The monoisotopic (exact) mass is 469 g/mol. The second-order valence-corrected chi connectivity index (χ2v) is 7.85. The van der Waals surface area contributed by atoms with Crippen molar-refractivity contribution in [1.29, 1.82) is 0 Å². The number of fused-ring (bicyclic) bond motifs is 1. The summed E-state index contributed by atoms with van der Waals surface area (Å²) in [6, 6.07) is 16.4. The molecule has 5 rings (SSSR count). The molecule has 3 aromatic heterocycles. The molecule has 0 unspecified atom stereocenters. The fourth-order valence-corrected chi connectivity index (χ4v) is 3.75. The Morgan fingerprint density at radius 2 is 2.00 bits per heavy atom. The lowest BCUT2D eigenvalue weighted by Gasteiger charge is -2.06. The van der Waals surface area contributed by atoms with Gasteiger partial charge in [0.05, 0.1) is 24.2 Å². The predicted molar refractivity (Wildman–Crippen MR) is 127 cm³/mol. The highest BCUT2D eigenvalue weighted by molar-refractivity contribution is 6.31. The zero-order chi connectivity index (χ0) is 23.7. The van der Waals surface area contributed by atoms with E-state index in [2.05, 4.69) is 19.9 Å². The van der Waals surface area contributed by atoms with E-state index in [0.29, 0.717) is 39.2 Å². The quantitative estimate of drug-likeness (QED) is 0.351. The fourth-order valence-electron chi connectivity index (χ4n) is 3.51. The summed E-state index contributed by atoms with van der Waals surface area (Å²) in [5.41, 5.74) is 3.43. The Bertz CT molecular complexity index is 1740. The van der Waals surface area contributed by atoms with Gasteiger partial charge in [-0.25, -0.2) is 19.6 Å². The van der Waals surface area contributed by atoms with Crippen molar-refractivity contribution in [3.8, 4) is 5.88 Å². The third kappa shape index (κ3) is 4.18. The standard InChI is InChI=1S/C24H16ClN7O2/c1-26-17-8-7-14(19(25)11-17)9-18-12-21(28-16-5-3-2-4-6-16)32-22(29-18)15(13-27-32)10-20-23(33)31-24(34)30-20/h2-8,10-13,33H,9H2,(H2,30,31,34). The molecule has 2 aromatic carbocycles. The van der Waals surface area contributed by atoms with Gasteiger partial charge in [-0.15, -0.1) is 0 Å². The zero-order valence-electron chi connectivity index (χ0n) is 17.5. The van der Waals surface area contributed by atoms with Gasteiger partial charge in [0.15, 0.2) is 16.8 Å². The number of rotatable bonds is 4. The molecule has 0 saturated heterocycles. The van der Waals surface area contributed by atoms with E-state index in [-0.39, 0.29) is 11.6 Å². The van der Waals surface area contributed by atoms with Crippen LogP contribution in [0.5, 0.6) is 5.88 Å². The van der Waals surface area contributed by atoms with Crippen molar-refractivity contribution in [3.05, 3.63) is 115 Å². The van der Waals surface area contributed by atoms with Crippen LogP contribution in [-0.2, 0) is 6.42 Å². The molecule has 34 heavy (non-hydrogen) atoms. The van der Waals surface area contributed by atoms with Crippen molar-refractivity contribution >= 4 is 34.7 Å². The second kappa shape index (κ2) is 8.69. The number of nitrogens with zero attached hydrogens (tertiary/aromatic N) is 5. The molecule has 0 radical (unpaired) electrons. The molecule has 10 heteroatoms. The van der Waals surface area contributed by atoms with Crippen LogP contribution in [0.3, 0.4) is 0 Å². The Balaban J connectivity index is 1.71. The van der Waals surface area contributed by atoms with Crippen LogP contribution in [0, 0.1) is 6.57 Å². The maximum absolute atomic E-state index is 11.5. The first-order valence-corrected chi connectivity index (χ1v) is 10.5. The minimum absolute atomic E-state index is 0.214. The smallest absolute Gasteiger partial charge is 0.326 e. The minimum Gasteiger partial charge on any atom is -0.493 e. The second-order valence-electron chi connectivity index (χ2n) is 7.44. The van der Waals surface area contributed by atoms with E-state index in [1.165, 1.54) is 0 Å². The molecule has 0 bridgehead atoms. The SMILES string of the molecule is [C-]#[N+]c1ccc(Cc2cc(=Nc3ccccc3)n3ncc(=Cc4[nH]c(=O)[nH]c4O)c3n2)c(Cl)c1. The zero-order valence-corrected chi connectivity index (χ0v) is 18.3. The van der Waals surface area contributed by atoms with E-state index in [4.69, 9.17) is 28.1 Å². The summed E-state index contributed by atoms with van der Waals surface area (Å²) in [5.74, 6) is -0.276. The fraction of sp³-hybridized carbons (Fsp3) is 0.0417. The number of hydrogen-bond donors (Lipinski definition) is 3. The van der Waals surface area contributed by atoms with Crippen LogP contribution in [0.15, 0.2) is 70.6 Å². The molecule has 0 aliphatic carbocycles. The van der Waals surface area contributed by atoms with Gasteiger partial charge < -0.3 is 10.1 Å². The van der Waals surface area contributed by atoms with Crippen molar-refractivity contribution in [3.63, 3.8) is 0 Å². The molecule has 166 valence electrons. The van der Waals surface area contributed by atoms with Gasteiger partial charge in [0.2, 0.25) is 5.88 Å². The van der Waals surface area contributed by atoms with E-state index in [1.54, 1.807) is 28.9 Å². The maximum Gasteiger partial charge on any atom is 0.326 e.